The SMILES string of the molecule is CCN(Cc1ccccc1)c1nc2ccccc2n2c(=O)[nH]nc12. The Bertz CT molecular complexity index is 1050. The molecule has 24 heavy (non-hydrogen) atoms. The highest BCUT2D eigenvalue weighted by Crippen LogP contribution is 2.23. The van der Waals surface area contributed by atoms with Crippen molar-refractivity contribution in [2.75, 3.05) is 11.4 Å². The molecule has 0 spiro atoms. The lowest BCUT2D eigenvalue weighted by molar-refractivity contribution is 0.815. The summed E-state index contributed by atoms with van der Waals surface area (Å²) >= 11 is 0. The van der Waals surface area contributed by atoms with E-state index in [1.807, 2.05) is 42.5 Å². The van der Waals surface area contributed by atoms with Crippen molar-refractivity contribution in [3.63, 3.8) is 0 Å². The number of rotatable bonds is 4. The first-order valence-electron chi connectivity index (χ1n) is 7.92. The zero-order chi connectivity index (χ0) is 16.5. The number of aromatic nitrogens is 4. The van der Waals surface area contributed by atoms with Crippen molar-refractivity contribution < 1.29 is 0 Å². The second-order valence-electron chi connectivity index (χ2n) is 5.61. The topological polar surface area (TPSA) is 66.3 Å². The Labute approximate surface area is 138 Å². The van der Waals surface area contributed by atoms with E-state index >= 15 is 0 Å². The van der Waals surface area contributed by atoms with Crippen molar-refractivity contribution in [3.05, 3.63) is 70.6 Å². The van der Waals surface area contributed by atoms with Gasteiger partial charge in [-0.25, -0.2) is 19.3 Å². The van der Waals surface area contributed by atoms with Crippen LogP contribution in [0.25, 0.3) is 16.7 Å². The third kappa shape index (κ3) is 2.32. The molecule has 6 nitrogen and oxygen atoms in total. The highest BCUT2D eigenvalue weighted by Gasteiger charge is 2.17. The lowest BCUT2D eigenvalue weighted by atomic mass is 10.2. The Morgan fingerprint density at radius 1 is 1.08 bits per heavy atom. The van der Waals surface area contributed by atoms with Crippen molar-refractivity contribution in [1.82, 2.24) is 19.6 Å². The first-order chi connectivity index (χ1) is 11.8. The molecule has 0 fully saturated rings. The number of H-pyrrole nitrogens is 1. The van der Waals surface area contributed by atoms with Gasteiger partial charge in [0.1, 0.15) is 0 Å². The van der Waals surface area contributed by atoms with Crippen LogP contribution in [0.3, 0.4) is 0 Å². The average Bonchev–Trinajstić information content (AvgIpc) is 3.02. The molecule has 0 saturated carbocycles. The molecule has 4 rings (SSSR count). The first kappa shape index (κ1) is 14.4. The molecule has 2 aromatic heterocycles. The molecule has 0 aliphatic rings. The summed E-state index contributed by atoms with van der Waals surface area (Å²) in [4.78, 5) is 19.1. The van der Waals surface area contributed by atoms with Gasteiger partial charge in [-0.2, -0.15) is 0 Å². The zero-order valence-corrected chi connectivity index (χ0v) is 13.3. The third-order valence-corrected chi connectivity index (χ3v) is 4.12. The minimum absolute atomic E-state index is 0.249. The summed E-state index contributed by atoms with van der Waals surface area (Å²) in [6, 6.07) is 17.8. The van der Waals surface area contributed by atoms with Crippen molar-refractivity contribution in [2.24, 2.45) is 0 Å². The number of benzene rings is 2. The summed E-state index contributed by atoms with van der Waals surface area (Å²) in [6.45, 7) is 3.54. The fraction of sp³-hybridized carbons (Fsp3) is 0.167. The highest BCUT2D eigenvalue weighted by atomic mass is 16.1. The van der Waals surface area contributed by atoms with E-state index in [1.165, 1.54) is 5.56 Å². The van der Waals surface area contributed by atoms with Gasteiger partial charge in [-0.1, -0.05) is 42.5 Å². The Morgan fingerprint density at radius 2 is 1.83 bits per heavy atom. The summed E-state index contributed by atoms with van der Waals surface area (Å²) in [5.74, 6) is 0.707. The van der Waals surface area contributed by atoms with Crippen LogP contribution in [-0.4, -0.2) is 26.1 Å². The smallest absolute Gasteiger partial charge is 0.348 e. The Balaban J connectivity index is 1.92. The van der Waals surface area contributed by atoms with Gasteiger partial charge < -0.3 is 4.90 Å². The number of para-hydroxylation sites is 2. The van der Waals surface area contributed by atoms with Crippen molar-refractivity contribution in [3.8, 4) is 0 Å². The molecule has 4 aromatic rings. The van der Waals surface area contributed by atoms with Gasteiger partial charge in [-0.15, -0.1) is 5.10 Å². The first-order valence-corrected chi connectivity index (χ1v) is 7.92. The fourth-order valence-electron chi connectivity index (χ4n) is 2.93. The van der Waals surface area contributed by atoms with Crippen LogP contribution < -0.4 is 10.6 Å². The molecule has 1 N–H and O–H groups in total. The van der Waals surface area contributed by atoms with Gasteiger partial charge in [-0.05, 0) is 24.6 Å². The highest BCUT2D eigenvalue weighted by molar-refractivity contribution is 5.82. The molecule has 0 radical (unpaired) electrons. The predicted octanol–water partition coefficient (Wildman–Crippen LogP) is 2.60. The van der Waals surface area contributed by atoms with E-state index in [4.69, 9.17) is 4.98 Å². The largest absolute Gasteiger partial charge is 0.349 e. The zero-order valence-electron chi connectivity index (χ0n) is 13.3. The Morgan fingerprint density at radius 3 is 2.62 bits per heavy atom. The van der Waals surface area contributed by atoms with E-state index in [1.54, 1.807) is 4.40 Å². The molecule has 6 heteroatoms. The lowest BCUT2D eigenvalue weighted by Crippen LogP contribution is -2.24. The van der Waals surface area contributed by atoms with Crippen LogP contribution in [0, 0.1) is 0 Å². The maximum Gasteiger partial charge on any atom is 0.348 e. The summed E-state index contributed by atoms with van der Waals surface area (Å²) in [7, 11) is 0. The van der Waals surface area contributed by atoms with Crippen molar-refractivity contribution in [2.45, 2.75) is 13.5 Å². The van der Waals surface area contributed by atoms with Crippen LogP contribution in [0.1, 0.15) is 12.5 Å². The second-order valence-corrected chi connectivity index (χ2v) is 5.61. The Kier molecular flexibility index (Phi) is 3.49. The van der Waals surface area contributed by atoms with Crippen LogP contribution in [0.2, 0.25) is 0 Å². The number of nitrogens with one attached hydrogen (secondary N) is 1. The van der Waals surface area contributed by atoms with Crippen molar-refractivity contribution in [1.29, 1.82) is 0 Å². The molecule has 2 aromatic carbocycles. The number of hydrogen-bond acceptors (Lipinski definition) is 4. The maximum absolute atomic E-state index is 12.2. The lowest BCUT2D eigenvalue weighted by Gasteiger charge is -2.22. The van der Waals surface area contributed by atoms with Crippen LogP contribution in [-0.2, 0) is 6.54 Å². The molecule has 120 valence electrons. The van der Waals surface area contributed by atoms with Crippen LogP contribution in [0.5, 0.6) is 0 Å². The van der Waals surface area contributed by atoms with Gasteiger partial charge >= 0.3 is 5.69 Å². The second kappa shape index (κ2) is 5.81. The molecule has 0 aliphatic heterocycles. The van der Waals surface area contributed by atoms with E-state index in [0.717, 1.165) is 17.6 Å². The normalized spacial score (nSPS) is 11.2. The molecule has 0 aliphatic carbocycles. The van der Waals surface area contributed by atoms with Gasteiger partial charge in [0.25, 0.3) is 0 Å². The molecule has 2 heterocycles. The summed E-state index contributed by atoms with van der Waals surface area (Å²) in [6.07, 6.45) is 0. The monoisotopic (exact) mass is 319 g/mol. The van der Waals surface area contributed by atoms with Crippen LogP contribution >= 0.6 is 0 Å². The molecule has 0 unspecified atom stereocenters. The van der Waals surface area contributed by atoms with E-state index in [2.05, 4.69) is 34.2 Å². The molecule has 0 bridgehead atoms. The number of fused-ring (bicyclic) bond motifs is 3. The third-order valence-electron chi connectivity index (χ3n) is 4.12. The van der Waals surface area contributed by atoms with E-state index in [9.17, 15) is 4.79 Å². The van der Waals surface area contributed by atoms with Crippen LogP contribution in [0.4, 0.5) is 5.82 Å². The minimum Gasteiger partial charge on any atom is -0.349 e. The predicted molar refractivity (Wildman–Crippen MR) is 94.3 cm³/mol. The molecule has 0 amide bonds. The molecule has 0 atom stereocenters. The summed E-state index contributed by atoms with van der Waals surface area (Å²) < 4.78 is 1.59. The maximum atomic E-state index is 12.2. The summed E-state index contributed by atoms with van der Waals surface area (Å²) in [5.41, 5.74) is 3.02. The van der Waals surface area contributed by atoms with Gasteiger partial charge in [-0.3, -0.25) is 0 Å². The Hall–Kier alpha value is -3.15. The average molecular weight is 319 g/mol. The number of anilines is 1. The minimum atomic E-state index is -0.249. The number of aromatic amines is 1. The van der Waals surface area contributed by atoms with E-state index in [0.29, 0.717) is 18.0 Å². The quantitative estimate of drug-likeness (QED) is 0.628. The molecular formula is C18H17N5O. The fourth-order valence-corrected chi connectivity index (χ4v) is 2.93. The van der Waals surface area contributed by atoms with Gasteiger partial charge in [0, 0.05) is 13.1 Å². The number of hydrogen-bond donors (Lipinski definition) is 1. The number of nitrogens with zero attached hydrogens (tertiary/aromatic N) is 4. The van der Waals surface area contributed by atoms with Gasteiger partial charge in [0.2, 0.25) is 5.65 Å². The van der Waals surface area contributed by atoms with E-state index in [-0.39, 0.29) is 5.69 Å². The standard InChI is InChI=1S/C18H17N5O/c1-2-22(12-13-8-4-3-5-9-13)16-17-20-21-18(24)23(17)15-11-7-6-10-14(15)19-16/h3-11H,2,12H2,1H3,(H,21,24). The van der Waals surface area contributed by atoms with Gasteiger partial charge in [0.15, 0.2) is 5.82 Å². The van der Waals surface area contributed by atoms with Crippen molar-refractivity contribution >= 4 is 22.5 Å². The van der Waals surface area contributed by atoms with Gasteiger partial charge in [0.05, 0.1) is 11.0 Å². The molecule has 0 saturated heterocycles. The molecular weight excluding hydrogens is 302 g/mol. The van der Waals surface area contributed by atoms with E-state index < -0.39 is 0 Å². The summed E-state index contributed by atoms with van der Waals surface area (Å²) in [5, 5.41) is 6.74. The van der Waals surface area contributed by atoms with Crippen LogP contribution in [0.15, 0.2) is 59.4 Å².